The molecule has 2 aromatic carbocycles. The first-order chi connectivity index (χ1) is 15.2. The highest BCUT2D eigenvalue weighted by atomic mass is 35.5. The summed E-state index contributed by atoms with van der Waals surface area (Å²) in [5.41, 5.74) is 7.50. The maximum absolute atomic E-state index is 12.4. The Kier molecular flexibility index (Phi) is 5.23. The lowest BCUT2D eigenvalue weighted by Crippen LogP contribution is -2.19. The Morgan fingerprint density at radius 2 is 2.03 bits per heavy atom. The van der Waals surface area contributed by atoms with E-state index >= 15 is 0 Å². The minimum absolute atomic E-state index is 0.0490. The molecule has 5 N–H and O–H groups in total. The van der Waals surface area contributed by atoms with Gasteiger partial charge in [-0.15, -0.1) is 10.2 Å². The SMILES string of the molecule is [2H]C([2H])([2H])NC(=O)c1ccccc1Nc1nc(Nc2ccc(CN)cc2OC)nnc1Cl. The number of benzene rings is 2. The Hall–Kier alpha value is -3.43. The number of nitrogens with one attached hydrogen (secondary N) is 3. The van der Waals surface area contributed by atoms with Crippen LogP contribution in [0.4, 0.5) is 23.1 Å². The van der Waals surface area contributed by atoms with Gasteiger partial charge in [0.05, 0.1) is 24.0 Å². The van der Waals surface area contributed by atoms with Crippen LogP contribution < -0.4 is 26.4 Å². The highest BCUT2D eigenvalue weighted by Crippen LogP contribution is 2.29. The van der Waals surface area contributed by atoms with Gasteiger partial charge in [0.1, 0.15) is 5.75 Å². The largest absolute Gasteiger partial charge is 0.495 e. The Balaban J connectivity index is 1.88. The van der Waals surface area contributed by atoms with Crippen LogP contribution in [0.25, 0.3) is 0 Å². The third kappa shape index (κ3) is 4.71. The maximum atomic E-state index is 12.4. The van der Waals surface area contributed by atoms with Gasteiger partial charge in [-0.3, -0.25) is 4.79 Å². The quantitative estimate of drug-likeness (QED) is 0.463. The summed E-state index contributed by atoms with van der Waals surface area (Å²) in [6.45, 7) is -2.27. The van der Waals surface area contributed by atoms with Crippen molar-refractivity contribution in [1.82, 2.24) is 20.5 Å². The van der Waals surface area contributed by atoms with Gasteiger partial charge in [-0.2, -0.15) is 4.98 Å². The zero-order chi connectivity index (χ0) is 23.3. The van der Waals surface area contributed by atoms with Crippen molar-refractivity contribution in [2.75, 3.05) is 24.7 Å². The normalized spacial score (nSPS) is 12.3. The maximum Gasteiger partial charge on any atom is 0.253 e. The number of hydrogen-bond acceptors (Lipinski definition) is 8. The van der Waals surface area contributed by atoms with E-state index in [4.69, 9.17) is 26.2 Å². The Morgan fingerprint density at radius 3 is 2.79 bits per heavy atom. The van der Waals surface area contributed by atoms with Crippen LogP contribution in [-0.4, -0.2) is 35.2 Å². The van der Waals surface area contributed by atoms with Crippen LogP contribution >= 0.6 is 11.6 Å². The average Bonchev–Trinajstić information content (AvgIpc) is 2.75. The molecule has 10 heteroatoms. The van der Waals surface area contributed by atoms with Crippen molar-refractivity contribution in [2.24, 2.45) is 5.73 Å². The average molecular weight is 417 g/mol. The molecule has 0 saturated heterocycles. The molecule has 0 bridgehead atoms. The summed E-state index contributed by atoms with van der Waals surface area (Å²) in [7, 11) is 1.52. The molecule has 1 heterocycles. The van der Waals surface area contributed by atoms with Gasteiger partial charge in [0.15, 0.2) is 11.0 Å². The molecule has 0 saturated carbocycles. The standard InChI is InChI=1S/C19H20ClN7O2/c1-22-18(28)12-5-3-4-6-13(12)23-17-16(20)26-27-19(25-17)24-14-8-7-11(10-21)9-15(14)29-2/h3-9H,10,21H2,1-2H3,(H,22,28)(H2,23,24,25,27)/i1D3. The molecule has 150 valence electrons. The monoisotopic (exact) mass is 416 g/mol. The Bertz CT molecular complexity index is 1130. The topological polar surface area (TPSA) is 127 Å². The van der Waals surface area contributed by atoms with E-state index < -0.39 is 12.9 Å². The zero-order valence-electron chi connectivity index (χ0n) is 18.4. The first-order valence-corrected chi connectivity index (χ1v) is 8.81. The van der Waals surface area contributed by atoms with Crippen LogP contribution in [0.15, 0.2) is 42.5 Å². The van der Waals surface area contributed by atoms with Gasteiger partial charge < -0.3 is 26.4 Å². The van der Waals surface area contributed by atoms with E-state index in [0.29, 0.717) is 18.0 Å². The fraction of sp³-hybridized carbons (Fsp3) is 0.158. The van der Waals surface area contributed by atoms with E-state index in [1.807, 2.05) is 11.4 Å². The fourth-order valence-corrected chi connectivity index (χ4v) is 2.64. The molecule has 0 aliphatic rings. The van der Waals surface area contributed by atoms with Crippen molar-refractivity contribution in [1.29, 1.82) is 0 Å². The first-order valence-electron chi connectivity index (χ1n) is 9.93. The fourth-order valence-electron chi connectivity index (χ4n) is 2.52. The molecule has 0 radical (unpaired) electrons. The molecule has 0 atom stereocenters. The molecular weight excluding hydrogens is 394 g/mol. The van der Waals surface area contributed by atoms with Crippen LogP contribution in [-0.2, 0) is 6.54 Å². The van der Waals surface area contributed by atoms with Crippen LogP contribution in [0.5, 0.6) is 5.75 Å². The lowest BCUT2D eigenvalue weighted by molar-refractivity contribution is 0.0964. The van der Waals surface area contributed by atoms with Gasteiger partial charge in [0.2, 0.25) is 5.95 Å². The van der Waals surface area contributed by atoms with Gasteiger partial charge in [0.25, 0.3) is 5.91 Å². The third-order valence-electron chi connectivity index (χ3n) is 3.93. The van der Waals surface area contributed by atoms with E-state index in [-0.39, 0.29) is 28.2 Å². The molecule has 29 heavy (non-hydrogen) atoms. The number of aromatic nitrogens is 3. The number of ether oxygens (including phenoxy) is 1. The molecule has 0 aliphatic heterocycles. The minimum Gasteiger partial charge on any atom is -0.495 e. The second-order valence-electron chi connectivity index (χ2n) is 5.76. The van der Waals surface area contributed by atoms with Gasteiger partial charge >= 0.3 is 0 Å². The van der Waals surface area contributed by atoms with Crippen molar-refractivity contribution in [2.45, 2.75) is 6.54 Å². The Labute approximate surface area is 176 Å². The van der Waals surface area contributed by atoms with Gasteiger partial charge in [-0.25, -0.2) is 0 Å². The number of nitrogens with two attached hydrogens (primary N) is 1. The minimum atomic E-state index is -2.63. The summed E-state index contributed by atoms with van der Waals surface area (Å²) in [6, 6.07) is 11.7. The lowest BCUT2D eigenvalue weighted by Gasteiger charge is -2.13. The summed E-state index contributed by atoms with van der Waals surface area (Å²) in [5, 5.41) is 15.6. The molecule has 1 aromatic heterocycles. The number of rotatable bonds is 7. The van der Waals surface area contributed by atoms with Crippen molar-refractivity contribution < 1.29 is 13.6 Å². The smallest absolute Gasteiger partial charge is 0.253 e. The molecule has 1 amide bonds. The third-order valence-corrected chi connectivity index (χ3v) is 4.19. The van der Waals surface area contributed by atoms with E-state index in [1.54, 1.807) is 30.3 Å². The molecule has 0 unspecified atom stereocenters. The van der Waals surface area contributed by atoms with Crippen LogP contribution in [0, 0.1) is 0 Å². The predicted molar refractivity (Wildman–Crippen MR) is 112 cm³/mol. The first kappa shape index (κ1) is 16.5. The number of para-hydroxylation sites is 1. The molecule has 0 spiro atoms. The summed E-state index contributed by atoms with van der Waals surface area (Å²) in [6.07, 6.45) is 0. The van der Waals surface area contributed by atoms with Crippen LogP contribution in [0.3, 0.4) is 0 Å². The molecule has 9 nitrogen and oxygen atoms in total. The summed E-state index contributed by atoms with van der Waals surface area (Å²) < 4.78 is 27.1. The van der Waals surface area contributed by atoms with Gasteiger partial charge in [-0.1, -0.05) is 29.8 Å². The van der Waals surface area contributed by atoms with Crippen molar-refractivity contribution in [3.63, 3.8) is 0 Å². The molecule has 0 aliphatic carbocycles. The number of methoxy groups -OCH3 is 1. The summed E-state index contributed by atoms with van der Waals surface area (Å²) in [5.74, 6) is -0.0297. The van der Waals surface area contributed by atoms with Crippen molar-refractivity contribution in [3.05, 3.63) is 58.7 Å². The number of carbonyl (C=O) groups excluding carboxylic acids is 1. The zero-order valence-corrected chi connectivity index (χ0v) is 16.1. The Morgan fingerprint density at radius 1 is 1.21 bits per heavy atom. The number of nitrogens with zero attached hydrogens (tertiary/aromatic N) is 3. The summed E-state index contributed by atoms with van der Waals surface area (Å²) >= 11 is 6.13. The van der Waals surface area contributed by atoms with Crippen LogP contribution in [0.2, 0.25) is 5.15 Å². The van der Waals surface area contributed by atoms with Gasteiger partial charge in [-0.05, 0) is 29.8 Å². The molecular formula is C19H20ClN7O2. The highest BCUT2D eigenvalue weighted by Gasteiger charge is 2.14. The van der Waals surface area contributed by atoms with E-state index in [1.165, 1.54) is 13.2 Å². The van der Waals surface area contributed by atoms with E-state index in [2.05, 4.69) is 25.8 Å². The number of carbonyl (C=O) groups is 1. The van der Waals surface area contributed by atoms with E-state index in [0.717, 1.165) is 5.56 Å². The second kappa shape index (κ2) is 9.18. The number of anilines is 4. The van der Waals surface area contributed by atoms with Crippen LogP contribution in [0.1, 0.15) is 20.0 Å². The second-order valence-corrected chi connectivity index (χ2v) is 6.12. The van der Waals surface area contributed by atoms with Crippen molar-refractivity contribution >= 4 is 40.6 Å². The molecule has 0 fully saturated rings. The summed E-state index contributed by atoms with van der Waals surface area (Å²) in [4.78, 5) is 16.7. The lowest BCUT2D eigenvalue weighted by atomic mass is 10.1. The molecule has 3 rings (SSSR count). The number of amides is 1. The van der Waals surface area contributed by atoms with Gasteiger partial charge in [0, 0.05) is 17.6 Å². The highest BCUT2D eigenvalue weighted by molar-refractivity contribution is 6.31. The molecule has 3 aromatic rings. The van der Waals surface area contributed by atoms with Crippen molar-refractivity contribution in [3.8, 4) is 5.75 Å². The number of hydrogen-bond donors (Lipinski definition) is 4. The predicted octanol–water partition coefficient (Wildman–Crippen LogP) is 2.84. The van der Waals surface area contributed by atoms with E-state index in [9.17, 15) is 4.79 Å². The number of halogens is 1.